The van der Waals surface area contributed by atoms with Gasteiger partial charge in [0.2, 0.25) is 0 Å². The fraction of sp³-hybridized carbons (Fsp3) is 0.167. The molecule has 2 aromatic rings. The van der Waals surface area contributed by atoms with E-state index in [1.54, 1.807) is 0 Å². The van der Waals surface area contributed by atoms with Gasteiger partial charge in [0.15, 0.2) is 5.82 Å². The van der Waals surface area contributed by atoms with Crippen LogP contribution in [0.15, 0.2) is 24.3 Å². The number of nitrogens with two attached hydrogens (primary N) is 1. The van der Waals surface area contributed by atoms with E-state index in [1.165, 1.54) is 22.3 Å². The van der Waals surface area contributed by atoms with Gasteiger partial charge >= 0.3 is 0 Å². The molecule has 3 rings (SSSR count). The Balaban J connectivity index is 2.18. The Kier molecular flexibility index (Phi) is 1.91. The molecule has 0 radical (unpaired) electrons. The first-order valence-electron chi connectivity index (χ1n) is 5.21. The summed E-state index contributed by atoms with van der Waals surface area (Å²) in [6, 6.07) is 8.39. The summed E-state index contributed by atoms with van der Waals surface area (Å²) < 4.78 is 0. The zero-order valence-electron chi connectivity index (χ0n) is 8.99. The second-order valence-corrected chi connectivity index (χ2v) is 4.09. The van der Waals surface area contributed by atoms with E-state index < -0.39 is 0 Å². The summed E-state index contributed by atoms with van der Waals surface area (Å²) >= 11 is 0. The van der Waals surface area contributed by atoms with Gasteiger partial charge in [-0.25, -0.2) is 5.84 Å². The fourth-order valence-corrected chi connectivity index (χ4v) is 2.13. The number of hydrazine groups is 1. The van der Waals surface area contributed by atoms with Gasteiger partial charge in [0.25, 0.3) is 0 Å². The molecular formula is C12H12N4. The number of anilines is 1. The summed E-state index contributed by atoms with van der Waals surface area (Å²) in [7, 11) is 0. The van der Waals surface area contributed by atoms with Gasteiger partial charge in [0.05, 0.1) is 5.69 Å². The number of fused-ring (bicyclic) bond motifs is 3. The van der Waals surface area contributed by atoms with Crippen LogP contribution in [0.3, 0.4) is 0 Å². The first kappa shape index (κ1) is 9.30. The topological polar surface area (TPSA) is 63.8 Å². The molecule has 0 unspecified atom stereocenters. The Morgan fingerprint density at radius 1 is 1.19 bits per heavy atom. The predicted octanol–water partition coefficient (Wildman–Crippen LogP) is 1.64. The monoisotopic (exact) mass is 212 g/mol. The van der Waals surface area contributed by atoms with Crippen LogP contribution in [0.1, 0.15) is 16.7 Å². The van der Waals surface area contributed by atoms with Crippen LogP contribution in [0.5, 0.6) is 0 Å². The number of nitrogen functional groups attached to an aromatic ring is 1. The number of aromatic nitrogens is 2. The normalized spacial score (nSPS) is 12.1. The molecule has 0 saturated carbocycles. The molecule has 0 spiro atoms. The van der Waals surface area contributed by atoms with Crippen molar-refractivity contribution in [3.05, 3.63) is 41.0 Å². The minimum Gasteiger partial charge on any atom is -0.307 e. The number of hydrogen-bond acceptors (Lipinski definition) is 4. The van der Waals surface area contributed by atoms with Crippen molar-refractivity contribution >= 4 is 5.82 Å². The summed E-state index contributed by atoms with van der Waals surface area (Å²) in [6.07, 6.45) is 0.912. The zero-order chi connectivity index (χ0) is 11.1. The maximum absolute atomic E-state index is 5.32. The second kappa shape index (κ2) is 3.28. The third-order valence-corrected chi connectivity index (χ3v) is 2.92. The van der Waals surface area contributed by atoms with Crippen molar-refractivity contribution in [2.24, 2.45) is 5.84 Å². The molecule has 0 bridgehead atoms. The molecule has 1 aromatic heterocycles. The summed E-state index contributed by atoms with van der Waals surface area (Å²) in [6.45, 7) is 2.08. The molecule has 0 saturated heterocycles. The molecule has 80 valence electrons. The van der Waals surface area contributed by atoms with Crippen LogP contribution in [0.25, 0.3) is 11.3 Å². The number of nitrogens with one attached hydrogen (secondary N) is 1. The standard InChI is InChI=1S/C12H12N4/c1-7-2-3-8-5-9-6-11(14-13)15-16-12(9)10(8)4-7/h2-4,6H,5,13H2,1H3,(H,14,15). The highest BCUT2D eigenvalue weighted by Crippen LogP contribution is 2.35. The molecular weight excluding hydrogens is 200 g/mol. The SMILES string of the molecule is Cc1ccc2c(c1)-c1nnc(NN)cc1C2. The fourth-order valence-electron chi connectivity index (χ4n) is 2.13. The Hall–Kier alpha value is -1.94. The average Bonchev–Trinajstić information content (AvgIpc) is 2.66. The van der Waals surface area contributed by atoms with Crippen LogP contribution in [0, 0.1) is 6.92 Å². The lowest BCUT2D eigenvalue weighted by Gasteiger charge is -2.02. The van der Waals surface area contributed by atoms with Crippen LogP contribution in [0.2, 0.25) is 0 Å². The third-order valence-electron chi connectivity index (χ3n) is 2.92. The van der Waals surface area contributed by atoms with Gasteiger partial charge in [-0.2, -0.15) is 0 Å². The lowest BCUT2D eigenvalue weighted by molar-refractivity contribution is 1.01. The first-order chi connectivity index (χ1) is 7.78. The smallest absolute Gasteiger partial charge is 0.162 e. The zero-order valence-corrected chi connectivity index (χ0v) is 8.99. The average molecular weight is 212 g/mol. The van der Waals surface area contributed by atoms with Crippen LogP contribution in [-0.4, -0.2) is 10.2 Å². The van der Waals surface area contributed by atoms with Gasteiger partial charge in [-0.15, -0.1) is 10.2 Å². The van der Waals surface area contributed by atoms with E-state index >= 15 is 0 Å². The molecule has 0 amide bonds. The van der Waals surface area contributed by atoms with Crippen molar-refractivity contribution in [1.82, 2.24) is 10.2 Å². The van der Waals surface area contributed by atoms with Crippen LogP contribution >= 0.6 is 0 Å². The Morgan fingerprint density at radius 2 is 2.06 bits per heavy atom. The summed E-state index contributed by atoms with van der Waals surface area (Å²) in [5.74, 6) is 5.93. The van der Waals surface area contributed by atoms with Crippen molar-refractivity contribution in [2.75, 3.05) is 5.43 Å². The molecule has 0 atom stereocenters. The van der Waals surface area contributed by atoms with E-state index in [2.05, 4.69) is 40.7 Å². The first-order valence-corrected chi connectivity index (χ1v) is 5.21. The van der Waals surface area contributed by atoms with Crippen molar-refractivity contribution < 1.29 is 0 Å². The quantitative estimate of drug-likeness (QED) is 0.475. The molecule has 1 aliphatic carbocycles. The Bertz CT molecular complexity index is 563. The summed E-state index contributed by atoms with van der Waals surface area (Å²) in [5.41, 5.74) is 8.44. The summed E-state index contributed by atoms with van der Waals surface area (Å²) in [4.78, 5) is 0. The third kappa shape index (κ3) is 1.27. The van der Waals surface area contributed by atoms with Crippen LogP contribution in [-0.2, 0) is 6.42 Å². The summed E-state index contributed by atoms with van der Waals surface area (Å²) in [5, 5.41) is 8.23. The van der Waals surface area contributed by atoms with E-state index in [0.717, 1.165) is 12.1 Å². The van der Waals surface area contributed by atoms with Gasteiger partial charge < -0.3 is 5.43 Å². The number of rotatable bonds is 1. The lowest BCUT2D eigenvalue weighted by Crippen LogP contribution is -2.09. The number of hydrogen-bond donors (Lipinski definition) is 2. The molecule has 1 heterocycles. The van der Waals surface area contributed by atoms with Gasteiger partial charge in [0.1, 0.15) is 0 Å². The molecule has 4 nitrogen and oxygen atoms in total. The maximum atomic E-state index is 5.32. The largest absolute Gasteiger partial charge is 0.307 e. The minimum absolute atomic E-state index is 0.614. The number of aryl methyl sites for hydroxylation is 1. The maximum Gasteiger partial charge on any atom is 0.162 e. The van der Waals surface area contributed by atoms with Crippen molar-refractivity contribution in [3.63, 3.8) is 0 Å². The molecule has 0 aliphatic heterocycles. The van der Waals surface area contributed by atoms with E-state index in [0.29, 0.717) is 5.82 Å². The number of benzene rings is 1. The Labute approximate surface area is 93.5 Å². The minimum atomic E-state index is 0.614. The van der Waals surface area contributed by atoms with E-state index in [-0.39, 0.29) is 0 Å². The van der Waals surface area contributed by atoms with E-state index in [9.17, 15) is 0 Å². The van der Waals surface area contributed by atoms with E-state index in [1.807, 2.05) is 6.07 Å². The second-order valence-electron chi connectivity index (χ2n) is 4.09. The van der Waals surface area contributed by atoms with Crippen molar-refractivity contribution in [1.29, 1.82) is 0 Å². The molecule has 3 N–H and O–H groups in total. The highest BCUT2D eigenvalue weighted by molar-refractivity contribution is 5.74. The molecule has 4 heteroatoms. The predicted molar refractivity (Wildman–Crippen MR) is 62.8 cm³/mol. The van der Waals surface area contributed by atoms with Gasteiger partial charge in [-0.1, -0.05) is 17.7 Å². The lowest BCUT2D eigenvalue weighted by atomic mass is 10.1. The molecule has 16 heavy (non-hydrogen) atoms. The van der Waals surface area contributed by atoms with Crippen LogP contribution < -0.4 is 11.3 Å². The van der Waals surface area contributed by atoms with Gasteiger partial charge in [0, 0.05) is 12.0 Å². The molecule has 1 aliphatic rings. The van der Waals surface area contributed by atoms with Gasteiger partial charge in [-0.3, -0.25) is 0 Å². The van der Waals surface area contributed by atoms with Gasteiger partial charge in [-0.05, 0) is 30.2 Å². The molecule has 1 aromatic carbocycles. The van der Waals surface area contributed by atoms with Crippen LogP contribution in [0.4, 0.5) is 5.82 Å². The van der Waals surface area contributed by atoms with Crippen molar-refractivity contribution in [3.8, 4) is 11.3 Å². The molecule has 0 fully saturated rings. The highest BCUT2D eigenvalue weighted by atomic mass is 15.3. The van der Waals surface area contributed by atoms with Crippen molar-refractivity contribution in [2.45, 2.75) is 13.3 Å². The van der Waals surface area contributed by atoms with E-state index in [4.69, 9.17) is 5.84 Å². The highest BCUT2D eigenvalue weighted by Gasteiger charge is 2.20. The number of nitrogens with zero attached hydrogens (tertiary/aromatic N) is 2. The Morgan fingerprint density at radius 3 is 2.88 bits per heavy atom.